The number of piperazine rings is 2. The van der Waals surface area contributed by atoms with E-state index in [1.807, 2.05) is 0 Å². The van der Waals surface area contributed by atoms with Crippen molar-refractivity contribution in [3.05, 3.63) is 107 Å². The highest BCUT2D eigenvalue weighted by molar-refractivity contribution is 7.14. The molecule has 4 aromatic carbocycles. The molecule has 4 N–H and O–H groups in total. The summed E-state index contributed by atoms with van der Waals surface area (Å²) < 4.78 is 11.9. The highest BCUT2D eigenvalue weighted by atomic mass is 35.5. The van der Waals surface area contributed by atoms with Crippen molar-refractivity contribution in [3.63, 3.8) is 0 Å². The Bertz CT molecular complexity index is 2190. The summed E-state index contributed by atoms with van der Waals surface area (Å²) in [7, 11) is 0. The average Bonchev–Trinajstić information content (AvgIpc) is 3.88. The second-order valence-electron chi connectivity index (χ2n) is 15.2. The lowest BCUT2D eigenvalue weighted by Crippen LogP contribution is -2.47. The lowest BCUT2D eigenvalue weighted by molar-refractivity contribution is -0.117. The van der Waals surface area contributed by atoms with E-state index in [4.69, 9.17) is 8.75 Å². The van der Waals surface area contributed by atoms with Crippen LogP contribution in [0.4, 0.5) is 23.0 Å². The first-order valence-electron chi connectivity index (χ1n) is 20.0. The number of carbonyl (C=O) groups excluding carboxylic acids is 2. The number of hydrogen-bond acceptors (Lipinski definition) is 10. The Morgan fingerprint density at radius 1 is 0.525 bits per heavy atom. The van der Waals surface area contributed by atoms with Gasteiger partial charge in [-0.15, -0.1) is 24.8 Å². The number of nitrogens with zero attached hydrogens (tertiary/aromatic N) is 6. The number of halogens is 2. The number of anilines is 4. The summed E-state index contributed by atoms with van der Waals surface area (Å²) in [5.41, 5.74) is 7.26. The smallest absolute Gasteiger partial charge is 0.224 e. The van der Waals surface area contributed by atoms with Crippen LogP contribution in [0.25, 0.3) is 20.2 Å². The molecule has 0 unspecified atom stereocenters. The van der Waals surface area contributed by atoms with Crippen molar-refractivity contribution in [1.29, 1.82) is 0 Å². The van der Waals surface area contributed by atoms with Gasteiger partial charge in [0.05, 0.1) is 9.40 Å². The molecule has 2 saturated heterocycles. The first-order valence-corrected chi connectivity index (χ1v) is 21.5. The molecule has 6 aromatic rings. The van der Waals surface area contributed by atoms with Gasteiger partial charge >= 0.3 is 0 Å². The van der Waals surface area contributed by atoms with Crippen molar-refractivity contribution in [2.45, 2.75) is 38.5 Å². The number of aryl methyl sites for hydroxylation is 2. The van der Waals surface area contributed by atoms with Crippen LogP contribution in [-0.4, -0.2) is 101 Å². The van der Waals surface area contributed by atoms with Crippen LogP contribution in [0.5, 0.6) is 0 Å². The van der Waals surface area contributed by atoms with Gasteiger partial charge in [0.1, 0.15) is 11.6 Å². The summed E-state index contributed by atoms with van der Waals surface area (Å²) >= 11 is 3.19. The maximum absolute atomic E-state index is 11.5. The van der Waals surface area contributed by atoms with E-state index >= 15 is 0 Å². The van der Waals surface area contributed by atoms with E-state index in [0.29, 0.717) is 12.8 Å². The Labute approximate surface area is 366 Å². The first kappa shape index (κ1) is 44.2. The lowest BCUT2D eigenvalue weighted by atomic mass is 9.99. The van der Waals surface area contributed by atoms with Gasteiger partial charge < -0.3 is 25.9 Å². The third-order valence-electron chi connectivity index (χ3n) is 11.6. The van der Waals surface area contributed by atoms with E-state index in [1.165, 1.54) is 42.4 Å². The second-order valence-corrected chi connectivity index (χ2v) is 16.9. The SMILES string of the molecule is Cl.Cl.O.O=C1CCc2cc(CCN3CCN(c4nsc5ccccc45)CC3)ccc2N1.O=C1CCc2cc(CCN3CCN(c4nsc5ccccc45)CC3)ccc2N1. The Hall–Kier alpha value is -4.34. The fourth-order valence-corrected chi connectivity index (χ4v) is 9.92. The Morgan fingerprint density at radius 2 is 0.932 bits per heavy atom. The summed E-state index contributed by atoms with van der Waals surface area (Å²) in [5, 5.41) is 8.49. The third-order valence-corrected chi connectivity index (χ3v) is 13.3. The van der Waals surface area contributed by atoms with E-state index in [1.54, 1.807) is 23.1 Å². The monoisotopic (exact) mass is 874 g/mol. The van der Waals surface area contributed by atoms with E-state index in [0.717, 1.165) is 114 Å². The molecule has 2 fully saturated rings. The van der Waals surface area contributed by atoms with Crippen LogP contribution in [0, 0.1) is 0 Å². The number of rotatable bonds is 8. The fraction of sp³-hybridized carbons (Fsp3) is 0.364. The average molecular weight is 876 g/mol. The molecule has 4 aliphatic rings. The van der Waals surface area contributed by atoms with Crippen molar-refractivity contribution in [3.8, 4) is 0 Å². The van der Waals surface area contributed by atoms with Crippen molar-refractivity contribution < 1.29 is 15.1 Å². The van der Waals surface area contributed by atoms with E-state index in [9.17, 15) is 9.59 Å². The lowest BCUT2D eigenvalue weighted by Gasteiger charge is -2.35. The van der Waals surface area contributed by atoms with Crippen molar-refractivity contribution in [1.82, 2.24) is 18.5 Å². The third kappa shape index (κ3) is 10.3. The molecule has 0 aliphatic carbocycles. The maximum atomic E-state index is 11.5. The molecule has 11 nitrogen and oxygen atoms in total. The van der Waals surface area contributed by atoms with E-state index in [-0.39, 0.29) is 42.1 Å². The van der Waals surface area contributed by atoms with Gasteiger partial charge in [-0.2, -0.15) is 8.75 Å². The van der Waals surface area contributed by atoms with Crippen LogP contribution in [-0.2, 0) is 35.3 Å². The Morgan fingerprint density at radius 3 is 1.36 bits per heavy atom. The van der Waals surface area contributed by atoms with Gasteiger partial charge in [-0.3, -0.25) is 19.4 Å². The maximum Gasteiger partial charge on any atom is 0.224 e. The Balaban J connectivity index is 0.000000189. The molecule has 2 aromatic heterocycles. The van der Waals surface area contributed by atoms with Crippen LogP contribution in [0.3, 0.4) is 0 Å². The molecular formula is C44H52Cl2N8O3S2. The normalized spacial score (nSPS) is 16.7. The largest absolute Gasteiger partial charge is 0.412 e. The number of hydrogen-bond donors (Lipinski definition) is 2. The molecule has 15 heteroatoms. The van der Waals surface area contributed by atoms with Crippen LogP contribution in [0.15, 0.2) is 84.9 Å². The zero-order valence-corrected chi connectivity index (χ0v) is 36.3. The molecule has 2 amide bonds. The molecule has 0 radical (unpaired) electrons. The van der Waals surface area contributed by atoms with E-state index < -0.39 is 0 Å². The van der Waals surface area contributed by atoms with Crippen LogP contribution in [0.2, 0.25) is 0 Å². The zero-order chi connectivity index (χ0) is 37.8. The van der Waals surface area contributed by atoms with Gasteiger partial charge in [0.15, 0.2) is 0 Å². The standard InChI is InChI=1S/2C22H24N4OS.2ClH.H2O/c2*27-21-8-6-17-15-16(5-7-19(17)23-21)9-10-25-11-13-26(14-12-25)22-18-3-1-2-4-20(18)28-24-22;;;/h2*1-5,7,15H,6,8-14H2,(H,23,27);2*1H;1H2. The number of carbonyl (C=O) groups is 2. The zero-order valence-electron chi connectivity index (χ0n) is 33.0. The molecule has 6 heterocycles. The van der Waals surface area contributed by atoms with Crippen LogP contribution < -0.4 is 20.4 Å². The summed E-state index contributed by atoms with van der Waals surface area (Å²) in [5.74, 6) is 2.56. The molecule has 10 rings (SSSR count). The van der Waals surface area contributed by atoms with E-state index in [2.05, 4.69) is 115 Å². The van der Waals surface area contributed by atoms with Crippen LogP contribution in [0.1, 0.15) is 35.1 Å². The van der Waals surface area contributed by atoms with Gasteiger partial charge in [-0.1, -0.05) is 48.5 Å². The van der Waals surface area contributed by atoms with Gasteiger partial charge in [-0.25, -0.2) is 0 Å². The van der Waals surface area contributed by atoms with Gasteiger partial charge in [0.25, 0.3) is 0 Å². The number of aromatic nitrogens is 2. The first-order chi connectivity index (χ1) is 27.5. The minimum Gasteiger partial charge on any atom is -0.412 e. The second kappa shape index (κ2) is 20.3. The summed E-state index contributed by atoms with van der Waals surface area (Å²) in [6.07, 6.45) is 5.03. The minimum atomic E-state index is 0. The van der Waals surface area contributed by atoms with Crippen molar-refractivity contribution in [2.24, 2.45) is 0 Å². The number of benzene rings is 4. The predicted molar refractivity (Wildman–Crippen MR) is 249 cm³/mol. The summed E-state index contributed by atoms with van der Waals surface area (Å²) in [4.78, 5) is 33.0. The number of fused-ring (bicyclic) bond motifs is 4. The predicted octanol–water partition coefficient (Wildman–Crippen LogP) is 7.11. The fourth-order valence-electron chi connectivity index (χ4n) is 8.33. The minimum absolute atomic E-state index is 0. The van der Waals surface area contributed by atoms with Crippen molar-refractivity contribution >= 4 is 103 Å². The topological polar surface area (TPSA) is 128 Å². The number of nitrogens with one attached hydrogen (secondary N) is 2. The Kier molecular flexibility index (Phi) is 15.2. The molecular weight excluding hydrogens is 824 g/mol. The quantitative estimate of drug-likeness (QED) is 0.166. The summed E-state index contributed by atoms with van der Waals surface area (Å²) in [6, 6.07) is 30.0. The van der Waals surface area contributed by atoms with Gasteiger partial charge in [0, 0.05) is 100 Å². The molecule has 0 saturated carbocycles. The molecule has 0 bridgehead atoms. The molecule has 4 aliphatic heterocycles. The van der Waals surface area contributed by atoms with Crippen LogP contribution >= 0.6 is 47.9 Å². The summed E-state index contributed by atoms with van der Waals surface area (Å²) in [6.45, 7) is 10.6. The van der Waals surface area contributed by atoms with Crippen molar-refractivity contribution in [2.75, 3.05) is 85.9 Å². The molecule has 0 atom stereocenters. The molecule has 59 heavy (non-hydrogen) atoms. The molecule has 0 spiro atoms. The van der Waals surface area contributed by atoms with Gasteiger partial charge in [-0.05, 0) is 107 Å². The highest BCUT2D eigenvalue weighted by Crippen LogP contribution is 2.32. The highest BCUT2D eigenvalue weighted by Gasteiger charge is 2.23. The molecule has 312 valence electrons. The number of amides is 2. The van der Waals surface area contributed by atoms with Gasteiger partial charge in [0.2, 0.25) is 11.8 Å².